The number of nitrogens with one attached hydrogen (secondary N) is 1. The Bertz CT molecular complexity index is 993. The van der Waals surface area contributed by atoms with Crippen molar-refractivity contribution >= 4 is 17.4 Å². The first-order valence-electron chi connectivity index (χ1n) is 10.2. The second-order valence-electron chi connectivity index (χ2n) is 7.29. The first-order valence-corrected chi connectivity index (χ1v) is 10.2. The van der Waals surface area contributed by atoms with Gasteiger partial charge in [-0.3, -0.25) is 9.36 Å². The summed E-state index contributed by atoms with van der Waals surface area (Å²) in [5.74, 6) is 3.41. The van der Waals surface area contributed by atoms with E-state index in [-0.39, 0.29) is 11.8 Å². The lowest BCUT2D eigenvalue weighted by atomic mass is 9.96. The minimum absolute atomic E-state index is 0.00924. The van der Waals surface area contributed by atoms with Crippen LogP contribution in [0.4, 0.5) is 11.5 Å². The average Bonchev–Trinajstić information content (AvgIpc) is 3.21. The maximum Gasteiger partial charge on any atom is 0.227 e. The van der Waals surface area contributed by atoms with Gasteiger partial charge in [-0.25, -0.2) is 15.0 Å². The standard InChI is InChI=1S/C22H26N6O2/c1-3-30-19-6-4-18(5-7-19)26-22(29)17-8-11-27(12-9-17)20-14-21(25-15-24-20)28-13-10-23-16(28)2/h4-7,10,13-15,17H,3,8-9,11-12H2,1-2H3,(H,26,29). The van der Waals surface area contributed by atoms with Gasteiger partial charge in [-0.15, -0.1) is 0 Å². The normalized spacial score (nSPS) is 14.5. The molecule has 1 aromatic carbocycles. The van der Waals surface area contributed by atoms with Crippen LogP contribution < -0.4 is 15.0 Å². The lowest BCUT2D eigenvalue weighted by Gasteiger charge is -2.32. The third-order valence-electron chi connectivity index (χ3n) is 5.33. The molecule has 1 aliphatic heterocycles. The summed E-state index contributed by atoms with van der Waals surface area (Å²) in [6.07, 6.45) is 6.79. The summed E-state index contributed by atoms with van der Waals surface area (Å²) < 4.78 is 7.37. The number of piperidine rings is 1. The maximum atomic E-state index is 12.7. The molecular formula is C22H26N6O2. The molecule has 30 heavy (non-hydrogen) atoms. The van der Waals surface area contributed by atoms with E-state index in [1.54, 1.807) is 12.5 Å². The first kappa shape index (κ1) is 19.9. The fraction of sp³-hybridized carbons (Fsp3) is 0.364. The minimum Gasteiger partial charge on any atom is -0.494 e. The molecule has 0 radical (unpaired) electrons. The Hall–Kier alpha value is -3.42. The molecule has 3 aromatic rings. The van der Waals surface area contributed by atoms with Crippen LogP contribution in [0.25, 0.3) is 5.82 Å². The van der Waals surface area contributed by atoms with E-state index in [1.807, 2.05) is 54.9 Å². The molecule has 8 heteroatoms. The Labute approximate surface area is 175 Å². The third-order valence-corrected chi connectivity index (χ3v) is 5.33. The molecule has 1 N–H and O–H groups in total. The summed E-state index contributed by atoms with van der Waals surface area (Å²) in [5, 5.41) is 3.02. The van der Waals surface area contributed by atoms with Gasteiger partial charge in [0.25, 0.3) is 0 Å². The van der Waals surface area contributed by atoms with Crippen LogP contribution in [-0.2, 0) is 4.79 Å². The number of rotatable bonds is 6. The van der Waals surface area contributed by atoms with Crippen molar-refractivity contribution in [2.75, 3.05) is 29.9 Å². The number of benzene rings is 1. The van der Waals surface area contributed by atoms with Crippen molar-refractivity contribution in [3.63, 3.8) is 0 Å². The Morgan fingerprint density at radius 2 is 1.87 bits per heavy atom. The SMILES string of the molecule is CCOc1ccc(NC(=O)C2CCN(c3cc(-n4ccnc4C)ncn3)CC2)cc1. The fourth-order valence-corrected chi connectivity index (χ4v) is 3.68. The van der Waals surface area contributed by atoms with Crippen LogP contribution in [0.2, 0.25) is 0 Å². The highest BCUT2D eigenvalue weighted by atomic mass is 16.5. The third kappa shape index (κ3) is 4.42. The van der Waals surface area contributed by atoms with Crippen LogP contribution in [0.3, 0.4) is 0 Å². The molecular weight excluding hydrogens is 380 g/mol. The molecule has 1 amide bonds. The molecule has 3 heterocycles. The Morgan fingerprint density at radius 3 is 2.53 bits per heavy atom. The van der Waals surface area contributed by atoms with Gasteiger partial charge in [0.2, 0.25) is 5.91 Å². The smallest absolute Gasteiger partial charge is 0.227 e. The highest BCUT2D eigenvalue weighted by molar-refractivity contribution is 5.92. The zero-order valence-corrected chi connectivity index (χ0v) is 17.3. The topological polar surface area (TPSA) is 85.2 Å². The van der Waals surface area contributed by atoms with E-state index >= 15 is 0 Å². The fourth-order valence-electron chi connectivity index (χ4n) is 3.68. The molecule has 1 aliphatic rings. The molecule has 0 spiro atoms. The summed E-state index contributed by atoms with van der Waals surface area (Å²) in [6.45, 7) is 6.07. The zero-order valence-electron chi connectivity index (χ0n) is 17.3. The molecule has 8 nitrogen and oxygen atoms in total. The monoisotopic (exact) mass is 406 g/mol. The summed E-state index contributed by atoms with van der Waals surface area (Å²) >= 11 is 0. The van der Waals surface area contributed by atoms with Crippen molar-refractivity contribution < 1.29 is 9.53 Å². The summed E-state index contributed by atoms with van der Waals surface area (Å²) in [7, 11) is 0. The van der Waals surface area contributed by atoms with E-state index < -0.39 is 0 Å². The van der Waals surface area contributed by atoms with E-state index in [0.717, 1.165) is 54.8 Å². The lowest BCUT2D eigenvalue weighted by molar-refractivity contribution is -0.120. The molecule has 1 saturated heterocycles. The van der Waals surface area contributed by atoms with E-state index in [1.165, 1.54) is 0 Å². The second kappa shape index (κ2) is 8.94. The molecule has 1 fully saturated rings. The highest BCUT2D eigenvalue weighted by Crippen LogP contribution is 2.24. The number of ether oxygens (including phenoxy) is 1. The Morgan fingerprint density at radius 1 is 1.13 bits per heavy atom. The van der Waals surface area contributed by atoms with Gasteiger partial charge in [0.05, 0.1) is 6.61 Å². The van der Waals surface area contributed by atoms with Crippen molar-refractivity contribution in [1.29, 1.82) is 0 Å². The molecule has 0 saturated carbocycles. The van der Waals surface area contributed by atoms with Crippen molar-refractivity contribution in [3.8, 4) is 11.6 Å². The van der Waals surface area contributed by atoms with Crippen LogP contribution in [-0.4, -0.2) is 45.1 Å². The highest BCUT2D eigenvalue weighted by Gasteiger charge is 2.26. The number of imidazole rings is 1. The first-order chi connectivity index (χ1) is 14.6. The number of hydrogen-bond donors (Lipinski definition) is 1. The summed E-state index contributed by atoms with van der Waals surface area (Å²) in [4.78, 5) is 27.9. The quantitative estimate of drug-likeness (QED) is 0.677. The van der Waals surface area contributed by atoms with Gasteiger partial charge in [0.1, 0.15) is 29.5 Å². The number of nitrogens with zero attached hydrogens (tertiary/aromatic N) is 5. The van der Waals surface area contributed by atoms with Gasteiger partial charge in [-0.2, -0.15) is 0 Å². The van der Waals surface area contributed by atoms with Crippen molar-refractivity contribution in [3.05, 3.63) is 54.9 Å². The number of carbonyl (C=O) groups is 1. The lowest BCUT2D eigenvalue weighted by Crippen LogP contribution is -2.38. The number of aromatic nitrogens is 4. The summed E-state index contributed by atoms with van der Waals surface area (Å²) in [6, 6.07) is 9.46. The van der Waals surface area contributed by atoms with Crippen LogP contribution in [0.15, 0.2) is 49.1 Å². The van der Waals surface area contributed by atoms with E-state index in [4.69, 9.17) is 4.74 Å². The Balaban J connectivity index is 1.34. The van der Waals surface area contributed by atoms with Gasteiger partial charge in [-0.05, 0) is 51.0 Å². The van der Waals surface area contributed by atoms with Crippen LogP contribution in [0.5, 0.6) is 5.75 Å². The van der Waals surface area contributed by atoms with E-state index in [2.05, 4.69) is 25.2 Å². The molecule has 0 bridgehead atoms. The van der Waals surface area contributed by atoms with Crippen LogP contribution in [0.1, 0.15) is 25.6 Å². The molecule has 0 aliphatic carbocycles. The second-order valence-corrected chi connectivity index (χ2v) is 7.29. The molecule has 2 aromatic heterocycles. The van der Waals surface area contributed by atoms with Gasteiger partial charge >= 0.3 is 0 Å². The van der Waals surface area contributed by atoms with Crippen molar-refractivity contribution in [2.24, 2.45) is 5.92 Å². The summed E-state index contributed by atoms with van der Waals surface area (Å²) in [5.41, 5.74) is 0.794. The molecule has 156 valence electrons. The number of carbonyl (C=O) groups excluding carboxylic acids is 1. The van der Waals surface area contributed by atoms with E-state index in [0.29, 0.717) is 6.61 Å². The molecule has 4 rings (SSSR count). The largest absolute Gasteiger partial charge is 0.494 e. The van der Waals surface area contributed by atoms with Gasteiger partial charge in [0.15, 0.2) is 0 Å². The number of amides is 1. The molecule has 0 atom stereocenters. The van der Waals surface area contributed by atoms with Crippen molar-refractivity contribution in [1.82, 2.24) is 19.5 Å². The van der Waals surface area contributed by atoms with Crippen molar-refractivity contribution in [2.45, 2.75) is 26.7 Å². The minimum atomic E-state index is -0.00924. The zero-order chi connectivity index (χ0) is 20.9. The number of aryl methyl sites for hydroxylation is 1. The maximum absolute atomic E-state index is 12.7. The van der Waals surface area contributed by atoms with Gasteiger partial charge in [0, 0.05) is 43.2 Å². The predicted molar refractivity (Wildman–Crippen MR) is 115 cm³/mol. The van der Waals surface area contributed by atoms with Gasteiger partial charge < -0.3 is 15.0 Å². The molecule has 0 unspecified atom stereocenters. The average molecular weight is 406 g/mol. The van der Waals surface area contributed by atoms with Gasteiger partial charge in [-0.1, -0.05) is 0 Å². The van der Waals surface area contributed by atoms with Crippen LogP contribution in [0, 0.1) is 12.8 Å². The van der Waals surface area contributed by atoms with E-state index in [9.17, 15) is 4.79 Å². The van der Waals surface area contributed by atoms with Crippen LogP contribution >= 0.6 is 0 Å². The number of hydrogen-bond acceptors (Lipinski definition) is 6. The predicted octanol–water partition coefficient (Wildman–Crippen LogP) is 3.22. The Kier molecular flexibility index (Phi) is 5.92. The number of anilines is 2.